The fraction of sp³-hybridized carbons (Fsp3) is 0.947. The number of nitriles is 1. The number of hydrogen-bond acceptors (Lipinski definition) is 2. The quantitative estimate of drug-likeness (QED) is 0.594. The van der Waals surface area contributed by atoms with Crippen LogP contribution in [0.25, 0.3) is 0 Å². The van der Waals surface area contributed by atoms with Crippen molar-refractivity contribution in [2.24, 2.45) is 23.7 Å². The lowest BCUT2D eigenvalue weighted by molar-refractivity contribution is 0.0764. The summed E-state index contributed by atoms with van der Waals surface area (Å²) >= 11 is 0. The van der Waals surface area contributed by atoms with Gasteiger partial charge in [0.15, 0.2) is 0 Å². The lowest BCUT2D eigenvalue weighted by Crippen LogP contribution is -2.20. The molecule has 0 amide bonds. The monoisotopic (exact) mass is 291 g/mol. The average molecular weight is 291 g/mol. The van der Waals surface area contributed by atoms with E-state index in [2.05, 4.69) is 13.0 Å². The smallest absolute Gasteiger partial charge is 0.0655 e. The number of hydrogen-bond donors (Lipinski definition) is 0. The Bertz CT molecular complexity index is 306. The van der Waals surface area contributed by atoms with Gasteiger partial charge in [0.05, 0.1) is 6.07 Å². The van der Waals surface area contributed by atoms with E-state index in [1.54, 1.807) is 0 Å². The van der Waals surface area contributed by atoms with Gasteiger partial charge in [0.25, 0.3) is 0 Å². The lowest BCUT2D eigenvalue weighted by atomic mass is 9.76. The normalized spacial score (nSPS) is 33.5. The van der Waals surface area contributed by atoms with Gasteiger partial charge in [0, 0.05) is 19.1 Å². The first-order chi connectivity index (χ1) is 10.3. The van der Waals surface area contributed by atoms with Gasteiger partial charge >= 0.3 is 0 Å². The van der Waals surface area contributed by atoms with Crippen molar-refractivity contribution in [3.8, 4) is 6.07 Å². The summed E-state index contributed by atoms with van der Waals surface area (Å²) in [7, 11) is 0. The minimum absolute atomic E-state index is 0.361. The average Bonchev–Trinajstić information content (AvgIpc) is 2.55. The third kappa shape index (κ3) is 5.99. The van der Waals surface area contributed by atoms with E-state index < -0.39 is 0 Å². The van der Waals surface area contributed by atoms with Gasteiger partial charge in [-0.2, -0.15) is 5.26 Å². The molecule has 0 atom stereocenters. The molecule has 2 rings (SSSR count). The molecule has 2 fully saturated rings. The summed E-state index contributed by atoms with van der Waals surface area (Å²) in [5, 5.41) is 8.95. The molecule has 0 bridgehead atoms. The molecule has 0 aromatic carbocycles. The van der Waals surface area contributed by atoms with Crippen LogP contribution in [0.15, 0.2) is 0 Å². The van der Waals surface area contributed by atoms with Crippen molar-refractivity contribution in [3.05, 3.63) is 0 Å². The van der Waals surface area contributed by atoms with Crippen molar-refractivity contribution in [1.82, 2.24) is 0 Å². The van der Waals surface area contributed by atoms with E-state index in [1.165, 1.54) is 51.4 Å². The molecular formula is C19H33NO. The van der Waals surface area contributed by atoms with Gasteiger partial charge in [-0.15, -0.1) is 0 Å². The molecule has 21 heavy (non-hydrogen) atoms. The van der Waals surface area contributed by atoms with Crippen molar-refractivity contribution >= 4 is 0 Å². The molecule has 0 aromatic rings. The summed E-state index contributed by atoms with van der Waals surface area (Å²) in [6, 6.07) is 2.44. The molecule has 2 aliphatic rings. The fourth-order valence-electron chi connectivity index (χ4n) is 4.13. The zero-order chi connectivity index (χ0) is 14.9. The second kappa shape index (κ2) is 9.46. The van der Waals surface area contributed by atoms with Crippen LogP contribution in [0.1, 0.15) is 77.6 Å². The van der Waals surface area contributed by atoms with Crippen molar-refractivity contribution in [2.45, 2.75) is 77.6 Å². The molecule has 0 unspecified atom stereocenters. The van der Waals surface area contributed by atoms with E-state index in [4.69, 9.17) is 10.00 Å². The molecular weight excluding hydrogens is 258 g/mol. The molecule has 0 saturated heterocycles. The maximum absolute atomic E-state index is 8.95. The number of nitrogens with zero attached hydrogens (tertiary/aromatic N) is 1. The molecule has 2 saturated carbocycles. The lowest BCUT2D eigenvalue weighted by Gasteiger charge is -2.30. The molecule has 0 radical (unpaired) electrons. The maximum atomic E-state index is 8.95. The third-order valence-electron chi connectivity index (χ3n) is 5.68. The van der Waals surface area contributed by atoms with Crippen LogP contribution >= 0.6 is 0 Å². The van der Waals surface area contributed by atoms with Crippen LogP contribution in [0.2, 0.25) is 0 Å². The van der Waals surface area contributed by atoms with E-state index >= 15 is 0 Å². The van der Waals surface area contributed by atoms with Crippen LogP contribution in [0.4, 0.5) is 0 Å². The molecule has 0 spiro atoms. The Morgan fingerprint density at radius 1 is 0.857 bits per heavy atom. The van der Waals surface area contributed by atoms with Crippen molar-refractivity contribution in [2.75, 3.05) is 13.2 Å². The summed E-state index contributed by atoms with van der Waals surface area (Å²) in [5.41, 5.74) is 0. The number of ether oxygens (including phenoxy) is 1. The molecule has 2 nitrogen and oxygen atoms in total. The first-order valence-corrected chi connectivity index (χ1v) is 9.29. The van der Waals surface area contributed by atoms with Gasteiger partial charge in [0.2, 0.25) is 0 Å². The second-order valence-corrected chi connectivity index (χ2v) is 7.39. The maximum Gasteiger partial charge on any atom is 0.0655 e. The minimum atomic E-state index is 0.361. The van der Waals surface area contributed by atoms with Gasteiger partial charge < -0.3 is 4.74 Å². The summed E-state index contributed by atoms with van der Waals surface area (Å²) in [4.78, 5) is 0. The zero-order valence-corrected chi connectivity index (χ0v) is 13.9. The van der Waals surface area contributed by atoms with E-state index in [0.29, 0.717) is 5.92 Å². The Morgan fingerprint density at radius 2 is 1.38 bits per heavy atom. The first kappa shape index (κ1) is 16.8. The Morgan fingerprint density at radius 3 is 1.90 bits per heavy atom. The molecule has 0 heterocycles. The summed E-state index contributed by atoms with van der Waals surface area (Å²) in [6.07, 6.45) is 14.5. The highest BCUT2D eigenvalue weighted by molar-refractivity contribution is 4.87. The van der Waals surface area contributed by atoms with Gasteiger partial charge in [-0.1, -0.05) is 32.6 Å². The van der Waals surface area contributed by atoms with Crippen LogP contribution in [0.3, 0.4) is 0 Å². The summed E-state index contributed by atoms with van der Waals surface area (Å²) < 4.78 is 5.71. The van der Waals surface area contributed by atoms with Crippen LogP contribution in [-0.4, -0.2) is 13.2 Å². The molecule has 2 aliphatic carbocycles. The van der Waals surface area contributed by atoms with Gasteiger partial charge in [0.1, 0.15) is 0 Å². The first-order valence-electron chi connectivity index (χ1n) is 9.29. The Labute approximate surface area is 131 Å². The van der Waals surface area contributed by atoms with E-state index in [-0.39, 0.29) is 0 Å². The SMILES string of the molecule is CCCOC[C@H]1CC[C@H](CC[C@H]2CC[C@H](C#N)CC2)CC1. The van der Waals surface area contributed by atoms with E-state index in [0.717, 1.165) is 50.2 Å². The predicted octanol–water partition coefficient (Wildman–Crippen LogP) is 5.33. The van der Waals surface area contributed by atoms with Crippen molar-refractivity contribution < 1.29 is 4.74 Å². The molecule has 0 N–H and O–H groups in total. The van der Waals surface area contributed by atoms with Crippen LogP contribution in [0.5, 0.6) is 0 Å². The zero-order valence-electron chi connectivity index (χ0n) is 13.9. The molecule has 120 valence electrons. The Hall–Kier alpha value is -0.550. The number of rotatable bonds is 7. The standard InChI is InChI=1S/C19H33NO/c1-2-13-21-15-19-11-7-17(8-12-19)4-3-16-5-9-18(14-20)10-6-16/h16-19H,2-13,15H2,1H3/t16-,17-,18-,19-. The molecule has 0 aromatic heterocycles. The topological polar surface area (TPSA) is 33.0 Å². The fourth-order valence-corrected chi connectivity index (χ4v) is 4.13. The Balaban J connectivity index is 1.54. The van der Waals surface area contributed by atoms with E-state index in [1.807, 2.05) is 0 Å². The highest BCUT2D eigenvalue weighted by Crippen LogP contribution is 2.36. The van der Waals surface area contributed by atoms with Gasteiger partial charge in [-0.3, -0.25) is 0 Å². The Kier molecular flexibility index (Phi) is 7.58. The van der Waals surface area contributed by atoms with Crippen molar-refractivity contribution in [3.63, 3.8) is 0 Å². The van der Waals surface area contributed by atoms with Gasteiger partial charge in [-0.25, -0.2) is 0 Å². The van der Waals surface area contributed by atoms with E-state index in [9.17, 15) is 0 Å². The summed E-state index contributed by atoms with van der Waals surface area (Å²) in [6.45, 7) is 4.12. The van der Waals surface area contributed by atoms with Crippen molar-refractivity contribution in [1.29, 1.82) is 5.26 Å². The second-order valence-electron chi connectivity index (χ2n) is 7.39. The predicted molar refractivity (Wildman–Crippen MR) is 86.9 cm³/mol. The highest BCUT2D eigenvalue weighted by atomic mass is 16.5. The molecule has 2 heteroatoms. The summed E-state index contributed by atoms with van der Waals surface area (Å²) in [5.74, 6) is 3.08. The van der Waals surface area contributed by atoms with Gasteiger partial charge in [-0.05, 0) is 62.7 Å². The van der Waals surface area contributed by atoms with Crippen LogP contribution in [0, 0.1) is 35.0 Å². The minimum Gasteiger partial charge on any atom is -0.381 e. The third-order valence-corrected chi connectivity index (χ3v) is 5.68. The largest absolute Gasteiger partial charge is 0.381 e. The van der Waals surface area contributed by atoms with Crippen LogP contribution < -0.4 is 0 Å². The molecule has 0 aliphatic heterocycles. The highest BCUT2D eigenvalue weighted by Gasteiger charge is 2.24. The van der Waals surface area contributed by atoms with Crippen LogP contribution in [-0.2, 0) is 4.74 Å².